The van der Waals surface area contributed by atoms with Gasteiger partial charge in [0.15, 0.2) is 11.5 Å². The summed E-state index contributed by atoms with van der Waals surface area (Å²) in [4.78, 5) is 10.5. The topological polar surface area (TPSA) is 44.8 Å². The third-order valence-corrected chi connectivity index (χ3v) is 3.02. The highest BCUT2D eigenvalue weighted by Crippen LogP contribution is 2.28. The number of hydrogen-bond acceptors (Lipinski definition) is 4. The van der Waals surface area contributed by atoms with Crippen molar-refractivity contribution >= 4 is 12.4 Å². The van der Waals surface area contributed by atoms with Crippen LogP contribution in [0.1, 0.15) is 25.3 Å². The Kier molecular flexibility index (Phi) is 8.21. The number of benzene rings is 1. The molecule has 0 saturated heterocycles. The summed E-state index contributed by atoms with van der Waals surface area (Å²) < 4.78 is 16.0. The fourth-order valence-corrected chi connectivity index (χ4v) is 1.80. The molecule has 0 aliphatic carbocycles. The number of aldehydes is 1. The van der Waals surface area contributed by atoms with Crippen LogP contribution in [0.3, 0.4) is 0 Å². The van der Waals surface area contributed by atoms with Gasteiger partial charge in [-0.2, -0.15) is 0 Å². The van der Waals surface area contributed by atoms with E-state index in [1.165, 1.54) is 0 Å². The van der Waals surface area contributed by atoms with E-state index in [1.807, 2.05) is 37.3 Å². The Morgan fingerprint density at radius 1 is 1.19 bits per heavy atom. The highest BCUT2D eigenvalue weighted by Gasteiger charge is 2.05. The predicted octanol–water partition coefficient (Wildman–Crippen LogP) is 3.35. The Morgan fingerprint density at radius 3 is 2.67 bits per heavy atom. The molecule has 1 unspecified atom stereocenters. The van der Waals surface area contributed by atoms with Crippen LogP contribution in [0.5, 0.6) is 11.5 Å². The first-order valence-corrected chi connectivity index (χ1v) is 7.13. The van der Waals surface area contributed by atoms with Crippen LogP contribution in [0.4, 0.5) is 0 Å². The van der Waals surface area contributed by atoms with Crippen molar-refractivity contribution < 1.29 is 19.0 Å². The molecule has 4 heteroatoms. The van der Waals surface area contributed by atoms with Gasteiger partial charge in [0.25, 0.3) is 0 Å². The van der Waals surface area contributed by atoms with E-state index >= 15 is 0 Å². The Hall–Kier alpha value is -1.81. The van der Waals surface area contributed by atoms with Crippen molar-refractivity contribution in [2.75, 3.05) is 27.4 Å². The zero-order chi connectivity index (χ0) is 15.5. The van der Waals surface area contributed by atoms with Gasteiger partial charge >= 0.3 is 0 Å². The summed E-state index contributed by atoms with van der Waals surface area (Å²) in [5.74, 6) is 1.67. The molecule has 0 aliphatic heterocycles. The number of ether oxygens (including phenoxy) is 3. The maximum absolute atomic E-state index is 10.5. The van der Waals surface area contributed by atoms with Crippen molar-refractivity contribution in [3.63, 3.8) is 0 Å². The van der Waals surface area contributed by atoms with E-state index in [1.54, 1.807) is 14.2 Å². The van der Waals surface area contributed by atoms with Gasteiger partial charge in [0.1, 0.15) is 6.29 Å². The molecule has 1 rings (SSSR count). The lowest BCUT2D eigenvalue weighted by Gasteiger charge is -2.11. The summed E-state index contributed by atoms with van der Waals surface area (Å²) >= 11 is 0. The van der Waals surface area contributed by atoms with Crippen LogP contribution in [0.2, 0.25) is 0 Å². The van der Waals surface area contributed by atoms with Crippen LogP contribution >= 0.6 is 0 Å². The number of carbonyl (C=O) groups is 1. The summed E-state index contributed by atoms with van der Waals surface area (Å²) in [6.07, 6.45) is 6.32. The largest absolute Gasteiger partial charge is 0.493 e. The van der Waals surface area contributed by atoms with E-state index in [2.05, 4.69) is 0 Å². The van der Waals surface area contributed by atoms with Crippen molar-refractivity contribution in [1.29, 1.82) is 0 Å². The minimum atomic E-state index is 0.232. The van der Waals surface area contributed by atoms with Crippen molar-refractivity contribution in [2.45, 2.75) is 19.8 Å². The molecule has 0 spiro atoms. The zero-order valence-electron chi connectivity index (χ0n) is 13.0. The molecular weight excluding hydrogens is 268 g/mol. The Labute approximate surface area is 126 Å². The second-order valence-corrected chi connectivity index (χ2v) is 4.84. The third kappa shape index (κ3) is 6.45. The predicted molar refractivity (Wildman–Crippen MR) is 83.9 cm³/mol. The van der Waals surface area contributed by atoms with Crippen LogP contribution in [-0.4, -0.2) is 33.7 Å². The summed E-state index contributed by atoms with van der Waals surface area (Å²) in [5, 5.41) is 0. The number of hydrogen-bond donors (Lipinski definition) is 0. The van der Waals surface area contributed by atoms with E-state index in [4.69, 9.17) is 14.2 Å². The summed E-state index contributed by atoms with van der Waals surface area (Å²) in [5.41, 5.74) is 1.02. The van der Waals surface area contributed by atoms with Gasteiger partial charge in [0, 0.05) is 26.6 Å². The van der Waals surface area contributed by atoms with Gasteiger partial charge in [0.2, 0.25) is 0 Å². The van der Waals surface area contributed by atoms with Crippen LogP contribution < -0.4 is 9.47 Å². The van der Waals surface area contributed by atoms with Crippen LogP contribution in [0, 0.1) is 5.92 Å². The van der Waals surface area contributed by atoms with Gasteiger partial charge in [-0.1, -0.05) is 25.1 Å². The molecule has 0 fully saturated rings. The second kappa shape index (κ2) is 10.00. The smallest absolute Gasteiger partial charge is 0.161 e. The van der Waals surface area contributed by atoms with Gasteiger partial charge in [-0.05, 0) is 23.6 Å². The Bertz CT molecular complexity index is 454. The average Bonchev–Trinajstić information content (AvgIpc) is 2.50. The van der Waals surface area contributed by atoms with Crippen molar-refractivity contribution in [3.05, 3.63) is 29.8 Å². The van der Waals surface area contributed by atoms with E-state index in [0.717, 1.165) is 24.0 Å². The molecule has 0 aromatic heterocycles. The SMILES string of the molecule is COCCCOc1cc(C=CC(C)CC=O)ccc1OC. The highest BCUT2D eigenvalue weighted by molar-refractivity contribution is 5.57. The van der Waals surface area contributed by atoms with Gasteiger partial charge in [-0.15, -0.1) is 0 Å². The minimum absolute atomic E-state index is 0.232. The summed E-state index contributed by atoms with van der Waals surface area (Å²) in [6.45, 7) is 3.26. The van der Waals surface area contributed by atoms with Crippen LogP contribution in [0.15, 0.2) is 24.3 Å². The maximum atomic E-state index is 10.5. The first-order valence-electron chi connectivity index (χ1n) is 7.13. The molecule has 116 valence electrons. The molecule has 4 nitrogen and oxygen atoms in total. The normalized spacial score (nSPS) is 12.3. The van der Waals surface area contributed by atoms with E-state index in [0.29, 0.717) is 25.4 Å². The van der Waals surface area contributed by atoms with Gasteiger partial charge in [0.05, 0.1) is 13.7 Å². The Balaban J connectivity index is 2.71. The first-order chi connectivity index (χ1) is 10.2. The van der Waals surface area contributed by atoms with Crippen molar-refractivity contribution in [2.24, 2.45) is 5.92 Å². The standard InChI is InChI=1S/C17H24O4/c1-14(9-10-18)5-6-15-7-8-16(20-3)17(13-15)21-12-4-11-19-2/h5-8,10,13-14H,4,9,11-12H2,1-3H3. The monoisotopic (exact) mass is 292 g/mol. The molecule has 1 aromatic rings. The lowest BCUT2D eigenvalue weighted by molar-refractivity contribution is -0.108. The fraction of sp³-hybridized carbons (Fsp3) is 0.471. The molecule has 1 aromatic carbocycles. The molecule has 0 aliphatic rings. The Morgan fingerprint density at radius 2 is 2.00 bits per heavy atom. The number of allylic oxidation sites excluding steroid dienone is 1. The number of rotatable bonds is 10. The molecule has 0 saturated carbocycles. The summed E-state index contributed by atoms with van der Waals surface area (Å²) in [7, 11) is 3.30. The quantitative estimate of drug-likeness (QED) is 0.490. The van der Waals surface area contributed by atoms with Gasteiger partial charge in [-0.25, -0.2) is 0 Å². The van der Waals surface area contributed by atoms with E-state index < -0.39 is 0 Å². The van der Waals surface area contributed by atoms with E-state index in [-0.39, 0.29) is 5.92 Å². The molecule has 0 radical (unpaired) electrons. The van der Waals surface area contributed by atoms with Crippen LogP contribution in [-0.2, 0) is 9.53 Å². The summed E-state index contributed by atoms with van der Waals surface area (Å²) in [6, 6.07) is 5.79. The lowest BCUT2D eigenvalue weighted by Crippen LogP contribution is -2.02. The van der Waals surface area contributed by atoms with E-state index in [9.17, 15) is 4.79 Å². The number of carbonyl (C=O) groups excluding carboxylic acids is 1. The molecule has 1 atom stereocenters. The highest BCUT2D eigenvalue weighted by atomic mass is 16.5. The number of methoxy groups -OCH3 is 2. The average molecular weight is 292 g/mol. The molecule has 0 bridgehead atoms. The van der Waals surface area contributed by atoms with Crippen molar-refractivity contribution in [3.8, 4) is 11.5 Å². The molecular formula is C17H24O4. The minimum Gasteiger partial charge on any atom is -0.493 e. The molecule has 21 heavy (non-hydrogen) atoms. The third-order valence-electron chi connectivity index (χ3n) is 3.02. The zero-order valence-corrected chi connectivity index (χ0v) is 13.0. The fourth-order valence-electron chi connectivity index (χ4n) is 1.80. The molecule has 0 N–H and O–H groups in total. The van der Waals surface area contributed by atoms with Gasteiger partial charge < -0.3 is 19.0 Å². The van der Waals surface area contributed by atoms with Crippen LogP contribution in [0.25, 0.3) is 6.08 Å². The van der Waals surface area contributed by atoms with Gasteiger partial charge in [-0.3, -0.25) is 0 Å². The van der Waals surface area contributed by atoms with Crippen molar-refractivity contribution in [1.82, 2.24) is 0 Å². The second-order valence-electron chi connectivity index (χ2n) is 4.84. The maximum Gasteiger partial charge on any atom is 0.161 e. The lowest BCUT2D eigenvalue weighted by atomic mass is 10.1. The first kappa shape index (κ1) is 17.2. The molecule has 0 heterocycles. The molecule has 0 amide bonds.